The minimum Gasteiger partial charge on any atom is -0.457 e. The molecule has 1 aliphatic rings. The van der Waals surface area contributed by atoms with E-state index < -0.39 is 51.0 Å². The van der Waals surface area contributed by atoms with E-state index in [1.807, 2.05) is 60.7 Å². The standard InChI is InChI=1S/C57H95NO9Si/c1-7-13-15-17-19-21-23-25-33-39-49(63-44-47-35-29-27-30-36-47)42-52(59)58-54-56(55(61)51(66-57(54)62-41-9-3)46-65-68(10-4,11-5)12-6)67-53(60)43-50(64-45-48-37-31-28-32-38-48)40-34-26-24-22-20-18-16-14-8-2/h9,27-32,35-38,49-51,54-57,61H,3,7-8,10-26,33-34,39-46H2,1-2,4-6H3,(H,58,59)/t49-,50-,51-,54-,55-,56-,57+/m1/s1. The van der Waals surface area contributed by atoms with Crippen LogP contribution in [0.5, 0.6) is 0 Å². The van der Waals surface area contributed by atoms with Crippen LogP contribution in [0, 0.1) is 0 Å². The van der Waals surface area contributed by atoms with E-state index in [9.17, 15) is 14.7 Å². The molecule has 1 heterocycles. The van der Waals surface area contributed by atoms with Crippen molar-refractivity contribution in [3.63, 3.8) is 0 Å². The van der Waals surface area contributed by atoms with Gasteiger partial charge in [0.2, 0.25) is 5.91 Å². The summed E-state index contributed by atoms with van der Waals surface area (Å²) in [5.74, 6) is -0.813. The Bertz CT molecular complexity index is 1550. The van der Waals surface area contributed by atoms with Crippen molar-refractivity contribution in [1.29, 1.82) is 0 Å². The fraction of sp³-hybridized carbons (Fsp3) is 0.719. The molecule has 0 aromatic heterocycles. The summed E-state index contributed by atoms with van der Waals surface area (Å²) in [6.45, 7) is 15.8. The number of unbranched alkanes of at least 4 members (excludes halogenated alkanes) is 16. The molecule has 1 aliphatic heterocycles. The zero-order valence-corrected chi connectivity index (χ0v) is 44.3. The maximum atomic E-state index is 14.3. The van der Waals surface area contributed by atoms with E-state index >= 15 is 0 Å². The van der Waals surface area contributed by atoms with Gasteiger partial charge < -0.3 is 38.5 Å². The average Bonchev–Trinajstić information content (AvgIpc) is 3.36. The zero-order valence-electron chi connectivity index (χ0n) is 43.3. The van der Waals surface area contributed by atoms with Crippen molar-refractivity contribution in [2.24, 2.45) is 0 Å². The second-order valence-corrected chi connectivity index (χ2v) is 24.0. The number of amides is 1. The number of esters is 1. The molecular weight excluding hydrogens is 871 g/mol. The first-order chi connectivity index (χ1) is 33.2. The van der Waals surface area contributed by atoms with E-state index in [0.29, 0.717) is 19.6 Å². The predicted octanol–water partition coefficient (Wildman–Crippen LogP) is 13.5. The van der Waals surface area contributed by atoms with Crippen molar-refractivity contribution in [2.75, 3.05) is 13.2 Å². The van der Waals surface area contributed by atoms with Gasteiger partial charge in [-0.25, -0.2) is 0 Å². The summed E-state index contributed by atoms with van der Waals surface area (Å²) in [6, 6.07) is 21.7. The van der Waals surface area contributed by atoms with Gasteiger partial charge in [-0.1, -0.05) is 217 Å². The number of carbonyl (C=O) groups excluding carboxylic acids is 2. The Morgan fingerprint density at radius 1 is 0.676 bits per heavy atom. The van der Waals surface area contributed by atoms with E-state index in [0.717, 1.165) is 74.2 Å². The summed E-state index contributed by atoms with van der Waals surface area (Å²) in [5.41, 5.74) is 2.07. The van der Waals surface area contributed by atoms with Crippen molar-refractivity contribution in [2.45, 2.75) is 250 Å². The third-order valence-electron chi connectivity index (χ3n) is 13.9. The highest BCUT2D eigenvalue weighted by Gasteiger charge is 2.49. The molecule has 3 rings (SSSR count). The second kappa shape index (κ2) is 37.0. The maximum absolute atomic E-state index is 14.3. The first kappa shape index (κ1) is 59.4. The van der Waals surface area contributed by atoms with Crippen LogP contribution in [-0.2, 0) is 50.9 Å². The van der Waals surface area contributed by atoms with Crippen LogP contribution in [0.15, 0.2) is 73.3 Å². The number of hydrogen-bond acceptors (Lipinski definition) is 9. The minimum atomic E-state index is -2.10. The largest absolute Gasteiger partial charge is 0.457 e. The molecule has 10 nitrogen and oxygen atoms in total. The van der Waals surface area contributed by atoms with Crippen LogP contribution >= 0.6 is 0 Å². The third kappa shape index (κ3) is 24.3. The van der Waals surface area contributed by atoms with Gasteiger partial charge in [-0.05, 0) is 42.1 Å². The molecule has 1 saturated heterocycles. The molecule has 0 unspecified atom stereocenters. The molecule has 68 heavy (non-hydrogen) atoms. The molecule has 386 valence electrons. The molecule has 7 atom stereocenters. The number of benzene rings is 2. The highest BCUT2D eigenvalue weighted by Crippen LogP contribution is 2.30. The van der Waals surface area contributed by atoms with E-state index in [2.05, 4.69) is 46.5 Å². The highest BCUT2D eigenvalue weighted by molar-refractivity contribution is 6.73. The minimum absolute atomic E-state index is 0.000385. The zero-order chi connectivity index (χ0) is 49.1. The Hall–Kier alpha value is -2.90. The Morgan fingerprint density at radius 3 is 1.59 bits per heavy atom. The Labute approximate surface area is 414 Å². The van der Waals surface area contributed by atoms with Crippen molar-refractivity contribution in [3.8, 4) is 0 Å². The lowest BCUT2D eigenvalue weighted by Crippen LogP contribution is -2.66. The van der Waals surface area contributed by atoms with Crippen LogP contribution in [0.25, 0.3) is 0 Å². The van der Waals surface area contributed by atoms with Crippen molar-refractivity contribution >= 4 is 20.2 Å². The van der Waals surface area contributed by atoms with Gasteiger partial charge in [-0.2, -0.15) is 0 Å². The van der Waals surface area contributed by atoms with Crippen LogP contribution < -0.4 is 5.32 Å². The quantitative estimate of drug-likeness (QED) is 0.0290. The summed E-state index contributed by atoms with van der Waals surface area (Å²) < 4.78 is 38.6. The van der Waals surface area contributed by atoms with Gasteiger partial charge in [-0.3, -0.25) is 9.59 Å². The Kier molecular flexibility index (Phi) is 32.3. The summed E-state index contributed by atoms with van der Waals surface area (Å²) >= 11 is 0. The van der Waals surface area contributed by atoms with Gasteiger partial charge >= 0.3 is 5.97 Å². The molecule has 1 amide bonds. The van der Waals surface area contributed by atoms with Gasteiger partial charge in [0.25, 0.3) is 0 Å². The number of aliphatic hydroxyl groups excluding tert-OH is 1. The molecule has 2 N–H and O–H groups in total. The van der Waals surface area contributed by atoms with Gasteiger partial charge in [0.1, 0.15) is 18.2 Å². The van der Waals surface area contributed by atoms with E-state index in [1.165, 1.54) is 77.0 Å². The molecule has 11 heteroatoms. The lowest BCUT2D eigenvalue weighted by molar-refractivity contribution is -0.270. The number of aliphatic hydroxyl groups is 1. The molecule has 2 aromatic carbocycles. The number of hydrogen-bond donors (Lipinski definition) is 2. The summed E-state index contributed by atoms with van der Waals surface area (Å²) in [4.78, 5) is 28.5. The smallest absolute Gasteiger partial charge is 0.308 e. The maximum Gasteiger partial charge on any atom is 0.308 e. The number of ether oxygens (including phenoxy) is 5. The van der Waals surface area contributed by atoms with E-state index in [4.69, 9.17) is 28.1 Å². The summed E-state index contributed by atoms with van der Waals surface area (Å²) in [7, 11) is -2.10. The molecule has 0 spiro atoms. The fourth-order valence-corrected chi connectivity index (χ4v) is 11.9. The average molecular weight is 966 g/mol. The van der Waals surface area contributed by atoms with Crippen molar-refractivity contribution in [1.82, 2.24) is 5.32 Å². The SMILES string of the molecule is C=CCO[C@H]1O[C@H](CO[Si](CC)(CC)CC)[C@@H](O)[C@H](OC(=O)C[C@@H](CCCCCCCCCCC)OCc2ccccc2)[C@H]1NC(=O)C[C@@H](CCCCCCCCCCC)OCc1ccccc1. The van der Waals surface area contributed by atoms with Gasteiger partial charge in [0, 0.05) is 0 Å². The third-order valence-corrected chi connectivity index (χ3v) is 18.5. The van der Waals surface area contributed by atoms with Crippen LogP contribution in [0.1, 0.15) is 187 Å². The van der Waals surface area contributed by atoms with Crippen LogP contribution in [0.2, 0.25) is 18.1 Å². The first-order valence-corrected chi connectivity index (χ1v) is 29.7. The molecule has 1 fully saturated rings. The first-order valence-electron chi connectivity index (χ1n) is 27.2. The summed E-state index contributed by atoms with van der Waals surface area (Å²) in [6.07, 6.45) is 19.6. The van der Waals surface area contributed by atoms with Crippen LogP contribution in [-0.4, -0.2) is 81.4 Å². The highest BCUT2D eigenvalue weighted by atomic mass is 28.4. The molecule has 2 aromatic rings. The number of rotatable bonds is 41. The van der Waals surface area contributed by atoms with E-state index in [-0.39, 0.29) is 38.1 Å². The predicted molar refractivity (Wildman–Crippen MR) is 279 cm³/mol. The lowest BCUT2D eigenvalue weighted by atomic mass is 9.96. The summed E-state index contributed by atoms with van der Waals surface area (Å²) in [5, 5.41) is 15.3. The Morgan fingerprint density at radius 2 is 1.13 bits per heavy atom. The van der Waals surface area contributed by atoms with E-state index in [1.54, 1.807) is 6.08 Å². The topological polar surface area (TPSA) is 122 Å². The van der Waals surface area contributed by atoms with Gasteiger partial charge in [0.05, 0.1) is 51.5 Å². The van der Waals surface area contributed by atoms with Gasteiger partial charge in [-0.15, -0.1) is 6.58 Å². The van der Waals surface area contributed by atoms with Crippen LogP contribution in [0.4, 0.5) is 0 Å². The lowest BCUT2D eigenvalue weighted by Gasteiger charge is -2.45. The second-order valence-electron chi connectivity index (χ2n) is 19.2. The number of nitrogens with one attached hydrogen (secondary N) is 1. The molecule has 0 radical (unpaired) electrons. The molecule has 0 aliphatic carbocycles. The number of carbonyl (C=O) groups is 2. The monoisotopic (exact) mass is 966 g/mol. The van der Waals surface area contributed by atoms with Gasteiger partial charge in [0.15, 0.2) is 20.7 Å². The normalized spacial score (nSPS) is 19.4. The molecular formula is C57H95NO9Si. The fourth-order valence-electron chi connectivity index (χ4n) is 9.24. The van der Waals surface area contributed by atoms with Crippen molar-refractivity contribution in [3.05, 3.63) is 84.4 Å². The van der Waals surface area contributed by atoms with Crippen molar-refractivity contribution < 1.29 is 42.8 Å². The Balaban J connectivity index is 1.82. The van der Waals surface area contributed by atoms with Crippen LogP contribution in [0.3, 0.4) is 0 Å². The molecule has 0 saturated carbocycles. The molecule has 0 bridgehead atoms.